The van der Waals surface area contributed by atoms with Crippen molar-refractivity contribution in [2.75, 3.05) is 6.54 Å². The number of benzene rings is 1. The first-order valence-electron chi connectivity index (χ1n) is 6.68. The van der Waals surface area contributed by atoms with Crippen LogP contribution in [0.4, 0.5) is 0 Å². The zero-order valence-electron chi connectivity index (χ0n) is 11.1. The Morgan fingerprint density at radius 2 is 2.12 bits per heavy atom. The third-order valence-corrected chi connectivity index (χ3v) is 3.31. The van der Waals surface area contributed by atoms with E-state index in [-0.39, 0.29) is 6.10 Å². The fourth-order valence-electron chi connectivity index (χ4n) is 2.56. The summed E-state index contributed by atoms with van der Waals surface area (Å²) in [5.74, 6) is 1.06. The second-order valence-corrected chi connectivity index (χ2v) is 5.16. The van der Waals surface area contributed by atoms with Crippen LogP contribution in [0.5, 0.6) is 5.75 Å². The maximum Gasteiger partial charge on any atom is 0.124 e. The molecular formula is C15H23NO. The standard InChI is InChI=1S/C15H23NO/c1-11(2)17-14-9-6-7-12(3)15(14)13-8-4-5-10-16-13/h6-7,9,11,13,16H,4-5,8,10H2,1-3H3. The van der Waals surface area contributed by atoms with Crippen molar-refractivity contribution in [3.05, 3.63) is 29.3 Å². The minimum absolute atomic E-state index is 0.235. The normalized spacial score (nSPS) is 20.6. The molecule has 2 rings (SSSR count). The van der Waals surface area contributed by atoms with Crippen LogP contribution >= 0.6 is 0 Å². The first-order valence-corrected chi connectivity index (χ1v) is 6.68. The molecule has 2 heteroatoms. The van der Waals surface area contributed by atoms with Crippen molar-refractivity contribution in [2.24, 2.45) is 0 Å². The van der Waals surface area contributed by atoms with E-state index in [9.17, 15) is 0 Å². The van der Waals surface area contributed by atoms with E-state index in [1.165, 1.54) is 30.4 Å². The molecule has 0 spiro atoms. The molecule has 0 aromatic heterocycles. The quantitative estimate of drug-likeness (QED) is 0.861. The average Bonchev–Trinajstić information content (AvgIpc) is 2.29. The van der Waals surface area contributed by atoms with E-state index in [1.54, 1.807) is 0 Å². The summed E-state index contributed by atoms with van der Waals surface area (Å²) in [6, 6.07) is 6.83. The number of hydrogen-bond donors (Lipinski definition) is 1. The van der Waals surface area contributed by atoms with Gasteiger partial charge in [-0.2, -0.15) is 0 Å². The molecule has 1 fully saturated rings. The zero-order valence-corrected chi connectivity index (χ0v) is 11.1. The van der Waals surface area contributed by atoms with Crippen molar-refractivity contribution in [1.29, 1.82) is 0 Å². The molecule has 1 N–H and O–H groups in total. The summed E-state index contributed by atoms with van der Waals surface area (Å²) in [5, 5.41) is 3.61. The summed E-state index contributed by atoms with van der Waals surface area (Å²) < 4.78 is 5.94. The Hall–Kier alpha value is -1.02. The molecule has 1 aromatic rings. The topological polar surface area (TPSA) is 21.3 Å². The Morgan fingerprint density at radius 1 is 1.29 bits per heavy atom. The number of ether oxygens (including phenoxy) is 1. The summed E-state index contributed by atoms with van der Waals surface area (Å²) in [6.07, 6.45) is 4.06. The molecule has 1 aliphatic rings. The number of rotatable bonds is 3. The summed E-state index contributed by atoms with van der Waals surface area (Å²) in [6.45, 7) is 7.47. The Balaban J connectivity index is 2.28. The van der Waals surface area contributed by atoms with Gasteiger partial charge < -0.3 is 10.1 Å². The molecular weight excluding hydrogens is 210 g/mol. The van der Waals surface area contributed by atoms with Crippen LogP contribution in [0.25, 0.3) is 0 Å². The van der Waals surface area contributed by atoms with Crippen molar-refractivity contribution < 1.29 is 4.74 Å². The number of aryl methyl sites for hydroxylation is 1. The second-order valence-electron chi connectivity index (χ2n) is 5.16. The summed E-state index contributed by atoms with van der Waals surface area (Å²) in [5.41, 5.74) is 2.70. The van der Waals surface area contributed by atoms with Gasteiger partial charge in [-0.1, -0.05) is 18.6 Å². The van der Waals surface area contributed by atoms with Crippen molar-refractivity contribution >= 4 is 0 Å². The fourth-order valence-corrected chi connectivity index (χ4v) is 2.56. The molecule has 0 radical (unpaired) electrons. The monoisotopic (exact) mass is 233 g/mol. The Bertz CT molecular complexity index is 367. The molecule has 1 heterocycles. The highest BCUT2D eigenvalue weighted by atomic mass is 16.5. The molecule has 0 amide bonds. The lowest BCUT2D eigenvalue weighted by Crippen LogP contribution is -2.28. The van der Waals surface area contributed by atoms with Gasteiger partial charge >= 0.3 is 0 Å². The lowest BCUT2D eigenvalue weighted by atomic mass is 9.93. The van der Waals surface area contributed by atoms with Gasteiger partial charge in [0.15, 0.2) is 0 Å². The van der Waals surface area contributed by atoms with Crippen LogP contribution in [-0.2, 0) is 0 Å². The van der Waals surface area contributed by atoms with E-state index in [2.05, 4.69) is 44.3 Å². The average molecular weight is 233 g/mol. The highest BCUT2D eigenvalue weighted by molar-refractivity contribution is 5.42. The first-order chi connectivity index (χ1) is 8.18. The number of nitrogens with one attached hydrogen (secondary N) is 1. The summed E-state index contributed by atoms with van der Waals surface area (Å²) in [4.78, 5) is 0. The van der Waals surface area contributed by atoms with Crippen molar-refractivity contribution in [3.63, 3.8) is 0 Å². The zero-order chi connectivity index (χ0) is 12.3. The van der Waals surface area contributed by atoms with Crippen LogP contribution in [0.3, 0.4) is 0 Å². The van der Waals surface area contributed by atoms with E-state index in [0.717, 1.165) is 12.3 Å². The Kier molecular flexibility index (Phi) is 4.06. The maximum absolute atomic E-state index is 5.94. The van der Waals surface area contributed by atoms with Gasteiger partial charge in [-0.05, 0) is 51.8 Å². The molecule has 1 saturated heterocycles. The Morgan fingerprint density at radius 3 is 2.76 bits per heavy atom. The summed E-state index contributed by atoms with van der Waals surface area (Å²) in [7, 11) is 0. The second kappa shape index (κ2) is 5.54. The SMILES string of the molecule is Cc1cccc(OC(C)C)c1C1CCCCN1. The third kappa shape index (κ3) is 3.01. The van der Waals surface area contributed by atoms with Gasteiger partial charge in [0.1, 0.15) is 5.75 Å². The van der Waals surface area contributed by atoms with Crippen LogP contribution in [0, 0.1) is 6.92 Å². The van der Waals surface area contributed by atoms with Gasteiger partial charge in [0.2, 0.25) is 0 Å². The van der Waals surface area contributed by atoms with Crippen molar-refractivity contribution in [3.8, 4) is 5.75 Å². The smallest absolute Gasteiger partial charge is 0.124 e. The van der Waals surface area contributed by atoms with Crippen LogP contribution < -0.4 is 10.1 Å². The van der Waals surface area contributed by atoms with Crippen LogP contribution in [0.2, 0.25) is 0 Å². The Labute approximate surface area is 104 Å². The molecule has 1 atom stereocenters. The van der Waals surface area contributed by atoms with Crippen molar-refractivity contribution in [2.45, 2.75) is 52.2 Å². The van der Waals surface area contributed by atoms with E-state index < -0.39 is 0 Å². The van der Waals surface area contributed by atoms with Crippen LogP contribution in [-0.4, -0.2) is 12.6 Å². The summed E-state index contributed by atoms with van der Waals surface area (Å²) >= 11 is 0. The highest BCUT2D eigenvalue weighted by Crippen LogP contribution is 2.33. The fraction of sp³-hybridized carbons (Fsp3) is 0.600. The molecule has 2 nitrogen and oxygen atoms in total. The number of hydrogen-bond acceptors (Lipinski definition) is 2. The highest BCUT2D eigenvalue weighted by Gasteiger charge is 2.20. The largest absolute Gasteiger partial charge is 0.491 e. The maximum atomic E-state index is 5.94. The molecule has 1 unspecified atom stereocenters. The number of piperidine rings is 1. The van der Waals surface area contributed by atoms with Crippen molar-refractivity contribution in [1.82, 2.24) is 5.32 Å². The van der Waals surface area contributed by atoms with Crippen LogP contribution in [0.15, 0.2) is 18.2 Å². The molecule has 1 aromatic carbocycles. The molecule has 94 valence electrons. The molecule has 0 bridgehead atoms. The third-order valence-electron chi connectivity index (χ3n) is 3.31. The minimum Gasteiger partial charge on any atom is -0.491 e. The van der Waals surface area contributed by atoms with Gasteiger partial charge in [0.05, 0.1) is 6.10 Å². The molecule has 0 aliphatic carbocycles. The first kappa shape index (κ1) is 12.4. The van der Waals surface area contributed by atoms with Gasteiger partial charge in [-0.25, -0.2) is 0 Å². The lowest BCUT2D eigenvalue weighted by Gasteiger charge is -2.27. The van der Waals surface area contributed by atoms with E-state index in [4.69, 9.17) is 4.74 Å². The van der Waals surface area contributed by atoms with E-state index in [1.807, 2.05) is 0 Å². The van der Waals surface area contributed by atoms with Gasteiger partial charge in [-0.15, -0.1) is 0 Å². The lowest BCUT2D eigenvalue weighted by molar-refractivity contribution is 0.235. The molecule has 1 aliphatic heterocycles. The predicted octanol–water partition coefficient (Wildman–Crippen LogP) is 3.60. The molecule has 17 heavy (non-hydrogen) atoms. The van der Waals surface area contributed by atoms with E-state index >= 15 is 0 Å². The molecule has 0 saturated carbocycles. The minimum atomic E-state index is 0.235. The van der Waals surface area contributed by atoms with Gasteiger partial charge in [0.25, 0.3) is 0 Å². The van der Waals surface area contributed by atoms with E-state index in [0.29, 0.717) is 6.04 Å². The van der Waals surface area contributed by atoms with Crippen LogP contribution in [0.1, 0.15) is 50.3 Å². The van der Waals surface area contributed by atoms with Gasteiger partial charge in [0, 0.05) is 11.6 Å². The van der Waals surface area contributed by atoms with Gasteiger partial charge in [-0.3, -0.25) is 0 Å². The predicted molar refractivity (Wildman–Crippen MR) is 71.5 cm³/mol.